The molecule has 1 saturated carbocycles. The van der Waals surface area contributed by atoms with Crippen molar-refractivity contribution >= 4 is 21.7 Å². The van der Waals surface area contributed by atoms with E-state index in [1.165, 1.54) is 4.90 Å². The van der Waals surface area contributed by atoms with Crippen LogP contribution in [0.15, 0.2) is 47.4 Å². The number of aryl methyl sites for hydroxylation is 1. The lowest BCUT2D eigenvalue weighted by Gasteiger charge is -2.46. The van der Waals surface area contributed by atoms with Gasteiger partial charge in [-0.1, -0.05) is 44.9 Å². The van der Waals surface area contributed by atoms with Gasteiger partial charge in [-0.2, -0.15) is 26.3 Å². The van der Waals surface area contributed by atoms with Gasteiger partial charge in [-0.25, -0.2) is 17.2 Å². The second-order valence-electron chi connectivity index (χ2n) is 14.1. The molecule has 1 heterocycles. The number of nitrogens with zero attached hydrogens (tertiary/aromatic N) is 1. The standard InChI is InChI=1S/C35H39F8NO5S/c1-3-4-15-31(16-14-26(29(45)46)21(2)20-31)30(47)44-18-17-32(50(48,49)25-11-9-24(36)10-12-25)27-13-8-23(19-22(27)6-5-7-28(32)44)33(37,34(38,39)40)35(41,42)43/h8-13,19,21,26,28H,3-7,14-18,20H2,1-2H3,(H,45,46)/t21-,26+,28+,31-,32+/m1/s1. The van der Waals surface area contributed by atoms with Crippen LogP contribution in [0.2, 0.25) is 0 Å². The average molecular weight is 738 g/mol. The maximum Gasteiger partial charge on any atom is 0.435 e. The number of benzene rings is 2. The summed E-state index contributed by atoms with van der Waals surface area (Å²) in [5, 5.41) is 9.76. The molecule has 15 heteroatoms. The third-order valence-electron chi connectivity index (χ3n) is 11.3. The van der Waals surface area contributed by atoms with Gasteiger partial charge in [0.15, 0.2) is 9.84 Å². The van der Waals surface area contributed by atoms with Crippen LogP contribution in [0.1, 0.15) is 88.3 Å². The maximum atomic E-state index is 15.2. The van der Waals surface area contributed by atoms with Crippen LogP contribution in [0, 0.1) is 23.1 Å². The third-order valence-corrected chi connectivity index (χ3v) is 13.8. The van der Waals surface area contributed by atoms with Gasteiger partial charge < -0.3 is 10.0 Å². The minimum Gasteiger partial charge on any atom is -0.481 e. The molecule has 276 valence electrons. The first-order chi connectivity index (χ1) is 23.2. The molecule has 3 aliphatic rings. The number of likely N-dealkylation sites (tertiary alicyclic amines) is 1. The molecule has 0 spiro atoms. The number of halogens is 8. The summed E-state index contributed by atoms with van der Waals surface area (Å²) in [7, 11) is -4.66. The second kappa shape index (κ2) is 13.1. The number of fused-ring (bicyclic) bond motifs is 3. The van der Waals surface area contributed by atoms with Crippen molar-refractivity contribution in [3.05, 3.63) is 65.0 Å². The van der Waals surface area contributed by atoms with Crippen molar-refractivity contribution in [1.29, 1.82) is 0 Å². The van der Waals surface area contributed by atoms with Crippen LogP contribution >= 0.6 is 0 Å². The van der Waals surface area contributed by atoms with Gasteiger partial charge in [-0.3, -0.25) is 9.59 Å². The van der Waals surface area contributed by atoms with Crippen molar-refractivity contribution in [3.8, 4) is 0 Å². The smallest absolute Gasteiger partial charge is 0.435 e. The fourth-order valence-electron chi connectivity index (χ4n) is 8.78. The number of hydrogen-bond acceptors (Lipinski definition) is 4. The molecule has 1 saturated heterocycles. The molecule has 0 bridgehead atoms. The van der Waals surface area contributed by atoms with Gasteiger partial charge in [0.1, 0.15) is 10.6 Å². The summed E-state index contributed by atoms with van der Waals surface area (Å²) < 4.78 is 139. The molecule has 2 fully saturated rings. The van der Waals surface area contributed by atoms with Crippen molar-refractivity contribution in [2.24, 2.45) is 17.3 Å². The minimum atomic E-state index is -6.38. The molecule has 0 aromatic heterocycles. The van der Waals surface area contributed by atoms with Crippen molar-refractivity contribution in [3.63, 3.8) is 0 Å². The van der Waals surface area contributed by atoms with Gasteiger partial charge in [-0.15, -0.1) is 0 Å². The zero-order chi connectivity index (χ0) is 37.1. The molecule has 0 radical (unpaired) electrons. The maximum absolute atomic E-state index is 15.2. The van der Waals surface area contributed by atoms with Crippen molar-refractivity contribution in [1.82, 2.24) is 4.90 Å². The number of amides is 1. The Labute approximate surface area is 285 Å². The Morgan fingerprint density at radius 3 is 2.16 bits per heavy atom. The number of carbonyl (C=O) groups excluding carboxylic acids is 1. The number of carbonyl (C=O) groups is 2. The predicted molar refractivity (Wildman–Crippen MR) is 166 cm³/mol. The number of aliphatic carboxylic acids is 1. The first-order valence-electron chi connectivity index (χ1n) is 16.7. The lowest BCUT2D eigenvalue weighted by atomic mass is 9.63. The quantitative estimate of drug-likeness (QED) is 0.217. The van der Waals surface area contributed by atoms with Gasteiger partial charge in [0.25, 0.3) is 0 Å². The predicted octanol–water partition coefficient (Wildman–Crippen LogP) is 8.42. The van der Waals surface area contributed by atoms with E-state index in [1.54, 1.807) is 6.92 Å². The van der Waals surface area contributed by atoms with Crippen LogP contribution in [-0.4, -0.2) is 55.2 Å². The van der Waals surface area contributed by atoms with E-state index in [0.29, 0.717) is 25.0 Å². The summed E-state index contributed by atoms with van der Waals surface area (Å²) in [5.41, 5.74) is -8.86. The van der Waals surface area contributed by atoms with Crippen molar-refractivity contribution in [2.45, 2.75) is 112 Å². The molecule has 1 amide bonds. The van der Waals surface area contributed by atoms with Gasteiger partial charge in [0.2, 0.25) is 5.91 Å². The molecule has 2 aliphatic carbocycles. The molecule has 2 aromatic carbocycles. The third kappa shape index (κ3) is 5.88. The summed E-state index contributed by atoms with van der Waals surface area (Å²) in [6, 6.07) is 4.25. The van der Waals surface area contributed by atoms with E-state index >= 15 is 4.39 Å². The number of carboxylic acids is 1. The Kier molecular flexibility index (Phi) is 9.94. The number of rotatable bonds is 8. The molecule has 1 N–H and O–H groups in total. The lowest BCUT2D eigenvalue weighted by Crippen LogP contribution is -2.54. The summed E-state index contributed by atoms with van der Waals surface area (Å²) in [5.74, 6) is -3.17. The zero-order valence-electron chi connectivity index (χ0n) is 27.5. The lowest BCUT2D eigenvalue weighted by molar-refractivity contribution is -0.348. The molecule has 1 aliphatic heterocycles. The van der Waals surface area contributed by atoms with Crippen LogP contribution < -0.4 is 0 Å². The Bertz CT molecular complexity index is 1710. The fraction of sp³-hybridized carbons (Fsp3) is 0.600. The highest BCUT2D eigenvalue weighted by Gasteiger charge is 2.74. The van der Waals surface area contributed by atoms with Crippen molar-refractivity contribution < 1.29 is 58.2 Å². The number of carboxylic acid groups (broad SMARTS) is 1. The zero-order valence-corrected chi connectivity index (χ0v) is 28.3. The van der Waals surface area contributed by atoms with E-state index in [4.69, 9.17) is 0 Å². The fourth-order valence-corrected chi connectivity index (χ4v) is 11.1. The van der Waals surface area contributed by atoms with Crippen LogP contribution in [0.5, 0.6) is 0 Å². The monoisotopic (exact) mass is 737 g/mol. The normalized spacial score (nSPS) is 27.7. The van der Waals surface area contributed by atoms with E-state index in [1.807, 2.05) is 6.92 Å². The molecule has 6 nitrogen and oxygen atoms in total. The highest BCUT2D eigenvalue weighted by molar-refractivity contribution is 7.92. The highest BCUT2D eigenvalue weighted by atomic mass is 32.2. The van der Waals surface area contributed by atoms with E-state index in [2.05, 4.69) is 0 Å². The van der Waals surface area contributed by atoms with Crippen LogP contribution in [-0.2, 0) is 36.3 Å². The van der Waals surface area contributed by atoms with Gasteiger partial charge in [-0.05, 0) is 92.7 Å². The molecule has 0 unspecified atom stereocenters. The number of alkyl halides is 7. The second-order valence-corrected chi connectivity index (χ2v) is 16.3. The Morgan fingerprint density at radius 2 is 1.60 bits per heavy atom. The van der Waals surface area contributed by atoms with Crippen LogP contribution in [0.25, 0.3) is 0 Å². The van der Waals surface area contributed by atoms with Crippen molar-refractivity contribution in [2.75, 3.05) is 6.54 Å². The number of hydrogen-bond donors (Lipinski definition) is 1. The summed E-state index contributed by atoms with van der Waals surface area (Å²) in [6.07, 6.45) is -10.8. The highest BCUT2D eigenvalue weighted by Crippen LogP contribution is 2.57. The Balaban J connectivity index is 1.69. The number of sulfone groups is 1. The SMILES string of the molecule is CCCC[C@@]1(C(=O)N2CC[C@]3(S(=O)(=O)c4ccc(F)cc4)c4ccc(C(F)(C(F)(F)F)C(F)(F)F)cc4CCC[C@H]23)CC[C@H](C(=O)O)[C@H](C)C1. The van der Waals surface area contributed by atoms with E-state index in [0.717, 1.165) is 36.8 Å². The summed E-state index contributed by atoms with van der Waals surface area (Å²) in [4.78, 5) is 27.8. The molecule has 50 heavy (non-hydrogen) atoms. The van der Waals surface area contributed by atoms with Crippen LogP contribution in [0.3, 0.4) is 0 Å². The largest absolute Gasteiger partial charge is 0.481 e. The summed E-state index contributed by atoms with van der Waals surface area (Å²) in [6.45, 7) is 3.56. The van der Waals surface area contributed by atoms with Gasteiger partial charge >= 0.3 is 24.0 Å². The van der Waals surface area contributed by atoms with E-state index in [-0.39, 0.29) is 79.3 Å². The first kappa shape index (κ1) is 38.0. The summed E-state index contributed by atoms with van der Waals surface area (Å²) >= 11 is 0. The molecular formula is C35H39F8NO5S. The number of unbranched alkanes of at least 4 members (excludes halogenated alkanes) is 1. The first-order valence-corrected chi connectivity index (χ1v) is 18.2. The molecule has 2 aromatic rings. The average Bonchev–Trinajstić information content (AvgIpc) is 3.34. The Hall–Kier alpha value is -3.23. The van der Waals surface area contributed by atoms with E-state index < -0.39 is 67.3 Å². The van der Waals surface area contributed by atoms with Gasteiger partial charge in [0, 0.05) is 17.5 Å². The van der Waals surface area contributed by atoms with Gasteiger partial charge in [0.05, 0.1) is 16.9 Å². The van der Waals surface area contributed by atoms with Crippen LogP contribution in [0.4, 0.5) is 35.1 Å². The Morgan fingerprint density at radius 1 is 0.960 bits per heavy atom. The molecule has 5 rings (SSSR count). The topological polar surface area (TPSA) is 91.8 Å². The van der Waals surface area contributed by atoms with E-state index in [9.17, 15) is 53.8 Å². The molecule has 5 atom stereocenters. The minimum absolute atomic E-state index is 0.00729. The molecular weight excluding hydrogens is 698 g/mol.